The van der Waals surface area contributed by atoms with Crippen LogP contribution in [0.1, 0.15) is 29.2 Å². The molecule has 4 aromatic heterocycles. The van der Waals surface area contributed by atoms with E-state index in [1.54, 1.807) is 24.1 Å². The number of nitrogens with zero attached hydrogens (tertiary/aromatic N) is 6. The third-order valence-corrected chi connectivity index (χ3v) is 6.66. The summed E-state index contributed by atoms with van der Waals surface area (Å²) < 4.78 is 6.65. The van der Waals surface area contributed by atoms with Crippen LogP contribution in [-0.4, -0.2) is 71.8 Å². The highest BCUT2D eigenvalue weighted by molar-refractivity contribution is 6.33. The number of rotatable bonds is 6. The predicted octanol–water partition coefficient (Wildman–Crippen LogP) is 1.27. The van der Waals surface area contributed by atoms with Gasteiger partial charge in [-0.25, -0.2) is 9.97 Å². The zero-order valence-corrected chi connectivity index (χ0v) is 20.9. The van der Waals surface area contributed by atoms with Crippen LogP contribution < -0.4 is 15.6 Å². The first-order valence-electron chi connectivity index (χ1n) is 11.6. The molecule has 0 atom stereocenters. The number of carbonyl (C=O) groups is 2. The summed E-state index contributed by atoms with van der Waals surface area (Å²) in [6.07, 6.45) is 3.94. The van der Waals surface area contributed by atoms with Gasteiger partial charge in [-0.2, -0.15) is 10.2 Å². The summed E-state index contributed by atoms with van der Waals surface area (Å²) in [6, 6.07) is 3.28. The van der Waals surface area contributed by atoms with Gasteiger partial charge in [-0.1, -0.05) is 11.6 Å². The number of halogens is 1. The van der Waals surface area contributed by atoms with Gasteiger partial charge >= 0.3 is 0 Å². The van der Waals surface area contributed by atoms with Crippen LogP contribution in [0.4, 0.5) is 0 Å². The molecule has 0 radical (unpaired) electrons. The van der Waals surface area contributed by atoms with Crippen molar-refractivity contribution in [3.05, 3.63) is 51.4 Å². The van der Waals surface area contributed by atoms with Crippen LogP contribution in [0, 0.1) is 5.92 Å². The maximum Gasteiger partial charge on any atom is 0.271 e. The van der Waals surface area contributed by atoms with Gasteiger partial charge in [0.15, 0.2) is 5.65 Å². The maximum absolute atomic E-state index is 13.0. The number of piperidine rings is 1. The van der Waals surface area contributed by atoms with Crippen LogP contribution >= 0.6 is 11.6 Å². The monoisotopic (exact) mass is 525 g/mol. The number of methoxy groups -OCH3 is 1. The third kappa shape index (κ3) is 4.89. The van der Waals surface area contributed by atoms with Gasteiger partial charge in [0.05, 0.1) is 36.8 Å². The lowest BCUT2D eigenvalue weighted by Gasteiger charge is -2.31. The largest absolute Gasteiger partial charge is 0.481 e. The summed E-state index contributed by atoms with van der Waals surface area (Å²) in [5.74, 6) is 0.127. The van der Waals surface area contributed by atoms with Crippen LogP contribution in [0.25, 0.3) is 22.3 Å². The van der Waals surface area contributed by atoms with Crippen molar-refractivity contribution in [2.45, 2.75) is 19.4 Å². The highest BCUT2D eigenvalue weighted by Crippen LogP contribution is 2.29. The van der Waals surface area contributed by atoms with Crippen molar-refractivity contribution < 1.29 is 14.3 Å². The number of nitrogens with one attached hydrogen (secondary N) is 3. The van der Waals surface area contributed by atoms with E-state index in [9.17, 15) is 14.4 Å². The Morgan fingerprint density at radius 2 is 2.03 bits per heavy atom. The van der Waals surface area contributed by atoms with Crippen molar-refractivity contribution in [3.8, 4) is 17.1 Å². The SMILES string of the molecule is COc1cc(-c2cc(C(=O)N3CCC(C(=O)NCc4nc5c(cnn5C)c(=O)[nH]4)CC3)[nH]n2)c(Cl)cn1. The standard InChI is InChI=1S/C23H24ClN9O4/c1-32-20-14(9-27-32)22(35)29-18(28-20)11-26-21(34)12-3-5-33(6-4-12)23(36)17-8-16(30-31-17)13-7-19(37-2)25-10-15(13)24/h7-10,12H,3-6,11H2,1-2H3,(H,26,34)(H,30,31)(H,28,29,35). The number of carbonyl (C=O) groups excluding carboxylic acids is 2. The Morgan fingerprint density at radius 3 is 2.78 bits per heavy atom. The van der Waals surface area contributed by atoms with Crippen LogP contribution in [0.3, 0.4) is 0 Å². The molecule has 1 saturated heterocycles. The van der Waals surface area contributed by atoms with Gasteiger partial charge in [-0.3, -0.25) is 24.2 Å². The molecule has 1 aliphatic rings. The Labute approximate surface area is 215 Å². The maximum atomic E-state index is 13.0. The second kappa shape index (κ2) is 10.0. The molecular weight excluding hydrogens is 502 g/mol. The fraction of sp³-hybridized carbons (Fsp3) is 0.348. The van der Waals surface area contributed by atoms with Gasteiger partial charge in [0, 0.05) is 37.7 Å². The minimum atomic E-state index is -0.304. The van der Waals surface area contributed by atoms with Gasteiger partial charge in [-0.05, 0) is 18.9 Å². The number of fused-ring (bicyclic) bond motifs is 1. The number of likely N-dealkylation sites (tertiary alicyclic amines) is 1. The average Bonchev–Trinajstić information content (AvgIpc) is 3.55. The molecule has 5 heterocycles. The second-order valence-corrected chi connectivity index (χ2v) is 9.08. The number of aromatic amines is 2. The lowest BCUT2D eigenvalue weighted by Crippen LogP contribution is -2.43. The normalized spacial score (nSPS) is 14.2. The molecule has 1 fully saturated rings. The number of ether oxygens (including phenoxy) is 1. The van der Waals surface area contributed by atoms with Gasteiger partial charge < -0.3 is 19.9 Å². The molecule has 5 rings (SSSR count). The minimum Gasteiger partial charge on any atom is -0.481 e. The van der Waals surface area contributed by atoms with E-state index in [1.165, 1.54) is 24.2 Å². The van der Waals surface area contributed by atoms with Crippen molar-refractivity contribution in [2.75, 3.05) is 20.2 Å². The minimum absolute atomic E-state index is 0.0909. The number of aryl methyl sites for hydroxylation is 1. The van der Waals surface area contributed by atoms with E-state index in [2.05, 4.69) is 35.6 Å². The topological polar surface area (TPSA) is 164 Å². The molecule has 1 aliphatic heterocycles. The molecule has 0 saturated carbocycles. The van der Waals surface area contributed by atoms with Crippen LogP contribution in [0.5, 0.6) is 5.88 Å². The van der Waals surface area contributed by atoms with Crippen LogP contribution in [0.15, 0.2) is 29.3 Å². The highest BCUT2D eigenvalue weighted by Gasteiger charge is 2.29. The molecule has 0 spiro atoms. The zero-order chi connectivity index (χ0) is 26.1. The summed E-state index contributed by atoms with van der Waals surface area (Å²) >= 11 is 6.24. The first-order chi connectivity index (χ1) is 17.8. The number of amides is 2. The molecule has 14 heteroatoms. The summed E-state index contributed by atoms with van der Waals surface area (Å²) in [5.41, 5.74) is 1.57. The van der Waals surface area contributed by atoms with Crippen molar-refractivity contribution in [1.82, 2.24) is 45.1 Å². The Bertz CT molecular complexity index is 1530. The number of hydrogen-bond donors (Lipinski definition) is 3. The predicted molar refractivity (Wildman–Crippen MR) is 133 cm³/mol. The number of aromatic nitrogens is 7. The molecule has 37 heavy (non-hydrogen) atoms. The van der Waals surface area contributed by atoms with E-state index in [4.69, 9.17) is 16.3 Å². The number of hydrogen-bond acceptors (Lipinski definition) is 8. The number of pyridine rings is 1. The second-order valence-electron chi connectivity index (χ2n) is 8.68. The lowest BCUT2D eigenvalue weighted by molar-refractivity contribution is -0.126. The van der Waals surface area contributed by atoms with Gasteiger partial charge in [0.1, 0.15) is 16.9 Å². The van der Waals surface area contributed by atoms with Gasteiger partial charge in [0.25, 0.3) is 11.5 Å². The molecular formula is C23H24ClN9O4. The highest BCUT2D eigenvalue weighted by atomic mass is 35.5. The summed E-state index contributed by atoms with van der Waals surface area (Å²) in [7, 11) is 3.20. The molecule has 2 amide bonds. The Kier molecular flexibility index (Phi) is 6.61. The summed E-state index contributed by atoms with van der Waals surface area (Å²) in [6.45, 7) is 0.934. The molecule has 0 aromatic carbocycles. The molecule has 192 valence electrons. The smallest absolute Gasteiger partial charge is 0.271 e. The van der Waals surface area contributed by atoms with Crippen molar-refractivity contribution in [2.24, 2.45) is 13.0 Å². The van der Waals surface area contributed by atoms with E-state index >= 15 is 0 Å². The molecule has 13 nitrogen and oxygen atoms in total. The first kappa shape index (κ1) is 24.4. The van der Waals surface area contributed by atoms with E-state index in [-0.39, 0.29) is 29.8 Å². The van der Waals surface area contributed by atoms with Crippen molar-refractivity contribution >= 4 is 34.4 Å². The van der Waals surface area contributed by atoms with Gasteiger partial charge in [-0.15, -0.1) is 0 Å². The number of H-pyrrole nitrogens is 2. The molecule has 0 bridgehead atoms. The fourth-order valence-electron chi connectivity index (χ4n) is 4.29. The molecule has 4 aromatic rings. The van der Waals surface area contributed by atoms with Gasteiger partial charge in [0.2, 0.25) is 11.8 Å². The third-order valence-electron chi connectivity index (χ3n) is 6.36. The Balaban J connectivity index is 1.17. The molecule has 3 N–H and O–H groups in total. The van der Waals surface area contributed by atoms with Crippen molar-refractivity contribution in [1.29, 1.82) is 0 Å². The summed E-state index contributed by atoms with van der Waals surface area (Å²) in [4.78, 5) is 50.7. The average molecular weight is 526 g/mol. The molecule has 0 aliphatic carbocycles. The summed E-state index contributed by atoms with van der Waals surface area (Å²) in [5, 5.41) is 14.6. The van der Waals surface area contributed by atoms with E-state index < -0.39 is 0 Å². The lowest BCUT2D eigenvalue weighted by atomic mass is 9.95. The van der Waals surface area contributed by atoms with E-state index in [1.807, 2.05) is 0 Å². The van der Waals surface area contributed by atoms with Crippen molar-refractivity contribution in [3.63, 3.8) is 0 Å². The first-order valence-corrected chi connectivity index (χ1v) is 11.9. The van der Waals surface area contributed by atoms with E-state index in [0.717, 1.165) is 0 Å². The fourth-order valence-corrected chi connectivity index (χ4v) is 4.49. The zero-order valence-electron chi connectivity index (χ0n) is 20.1. The van der Waals surface area contributed by atoms with E-state index in [0.29, 0.717) is 70.6 Å². The van der Waals surface area contributed by atoms with Crippen LogP contribution in [0.2, 0.25) is 5.02 Å². The molecule has 0 unspecified atom stereocenters. The van der Waals surface area contributed by atoms with Crippen LogP contribution in [-0.2, 0) is 18.4 Å². The quantitative estimate of drug-likeness (QED) is 0.338. The Hall–Kier alpha value is -4.26. The Morgan fingerprint density at radius 1 is 1.24 bits per heavy atom.